The molecule has 4 atom stereocenters. The van der Waals surface area contributed by atoms with Crippen LogP contribution < -0.4 is 0 Å². The zero-order valence-electron chi connectivity index (χ0n) is 17.7. The number of amides is 1. The molecule has 2 saturated carbocycles. The Morgan fingerprint density at radius 2 is 1.97 bits per heavy atom. The lowest BCUT2D eigenvalue weighted by molar-refractivity contribution is -0.138. The van der Waals surface area contributed by atoms with Crippen molar-refractivity contribution < 1.29 is 9.90 Å². The molecule has 1 aromatic carbocycles. The monoisotopic (exact) mass is 394 g/mol. The third-order valence-electron chi connectivity index (χ3n) is 8.95. The number of hydrogen-bond acceptors (Lipinski definition) is 3. The summed E-state index contributed by atoms with van der Waals surface area (Å²) in [5.41, 5.74) is 3.05. The van der Waals surface area contributed by atoms with Gasteiger partial charge in [0.2, 0.25) is 5.91 Å². The van der Waals surface area contributed by atoms with Gasteiger partial charge in [0, 0.05) is 37.0 Å². The molecule has 4 heteroatoms. The number of carbonyl (C=O) groups excluding carboxylic acids is 1. The second kappa shape index (κ2) is 6.31. The van der Waals surface area contributed by atoms with Crippen LogP contribution in [0.2, 0.25) is 0 Å². The molecule has 2 saturated heterocycles. The topological polar surface area (TPSA) is 43.8 Å². The molecular formula is C25H34N2O2. The smallest absolute Gasteiger partial charge is 0.225 e. The predicted octanol–water partition coefficient (Wildman–Crippen LogP) is 3.04. The van der Waals surface area contributed by atoms with Crippen LogP contribution in [0, 0.1) is 18.8 Å². The van der Waals surface area contributed by atoms with Crippen LogP contribution in [-0.4, -0.2) is 58.6 Å². The highest BCUT2D eigenvalue weighted by Crippen LogP contribution is 2.62. The van der Waals surface area contributed by atoms with E-state index in [1.807, 2.05) is 0 Å². The Morgan fingerprint density at radius 1 is 1.17 bits per heavy atom. The van der Waals surface area contributed by atoms with Crippen LogP contribution >= 0.6 is 0 Å². The molecule has 0 aromatic heterocycles. The molecule has 4 fully saturated rings. The number of piperidine rings is 1. The normalized spacial score (nSPS) is 38.8. The van der Waals surface area contributed by atoms with Gasteiger partial charge in [-0.3, -0.25) is 9.69 Å². The van der Waals surface area contributed by atoms with Crippen LogP contribution in [0.15, 0.2) is 18.2 Å². The van der Waals surface area contributed by atoms with E-state index < -0.39 is 5.60 Å². The van der Waals surface area contributed by atoms with Crippen molar-refractivity contribution in [3.8, 4) is 0 Å². The van der Waals surface area contributed by atoms with Crippen molar-refractivity contribution in [2.24, 2.45) is 11.8 Å². The first-order valence-electron chi connectivity index (χ1n) is 11.9. The summed E-state index contributed by atoms with van der Waals surface area (Å²) in [7, 11) is 0. The van der Waals surface area contributed by atoms with E-state index in [0.717, 1.165) is 64.2 Å². The zero-order valence-corrected chi connectivity index (χ0v) is 17.7. The number of carbonyl (C=O) groups is 1. The fraction of sp³-hybridized carbons (Fsp3) is 0.720. The van der Waals surface area contributed by atoms with Crippen molar-refractivity contribution in [1.29, 1.82) is 0 Å². The van der Waals surface area contributed by atoms with E-state index in [-0.39, 0.29) is 17.4 Å². The van der Waals surface area contributed by atoms with Gasteiger partial charge in [-0.2, -0.15) is 0 Å². The summed E-state index contributed by atoms with van der Waals surface area (Å²) >= 11 is 0. The van der Waals surface area contributed by atoms with Crippen molar-refractivity contribution in [1.82, 2.24) is 9.80 Å². The number of benzene rings is 1. The average Bonchev–Trinajstić information content (AvgIpc) is 3.22. The van der Waals surface area contributed by atoms with E-state index in [1.165, 1.54) is 29.5 Å². The van der Waals surface area contributed by atoms with Crippen molar-refractivity contribution in [3.63, 3.8) is 0 Å². The number of aliphatic hydroxyl groups is 1. The van der Waals surface area contributed by atoms with E-state index in [9.17, 15) is 9.90 Å². The SMILES string of the molecule is Cc1ccc2c(c1)[C@]13CCN(CC4CC4)[C@H](C2)[C@]1(O)C[C@@H](C(=O)N1CCCC1)C3. The maximum Gasteiger partial charge on any atom is 0.225 e. The van der Waals surface area contributed by atoms with Crippen LogP contribution in [0.4, 0.5) is 0 Å². The third-order valence-corrected chi connectivity index (χ3v) is 8.95. The lowest BCUT2D eigenvalue weighted by Gasteiger charge is -2.59. The first-order valence-corrected chi connectivity index (χ1v) is 11.9. The second-order valence-electron chi connectivity index (χ2n) is 10.7. The number of fused-ring (bicyclic) bond motifs is 1. The molecule has 2 bridgehead atoms. The Labute approximate surface area is 174 Å². The van der Waals surface area contributed by atoms with Gasteiger partial charge in [0.05, 0.1) is 5.60 Å². The molecule has 2 aliphatic heterocycles. The number of aryl methyl sites for hydroxylation is 1. The number of hydrogen-bond donors (Lipinski definition) is 1. The van der Waals surface area contributed by atoms with Crippen LogP contribution in [0.1, 0.15) is 61.6 Å². The Hall–Kier alpha value is -1.39. The number of rotatable bonds is 3. The molecule has 6 rings (SSSR count). The number of likely N-dealkylation sites (tertiary alicyclic amines) is 2. The molecule has 29 heavy (non-hydrogen) atoms. The van der Waals surface area contributed by atoms with Crippen molar-refractivity contribution in [3.05, 3.63) is 34.9 Å². The van der Waals surface area contributed by atoms with E-state index in [4.69, 9.17) is 0 Å². The van der Waals surface area contributed by atoms with Gasteiger partial charge in [-0.15, -0.1) is 0 Å². The van der Waals surface area contributed by atoms with Crippen LogP contribution in [0.5, 0.6) is 0 Å². The van der Waals surface area contributed by atoms with Crippen LogP contribution in [0.25, 0.3) is 0 Å². The molecule has 4 nitrogen and oxygen atoms in total. The quantitative estimate of drug-likeness (QED) is 0.857. The van der Waals surface area contributed by atoms with E-state index in [2.05, 4.69) is 34.9 Å². The molecule has 5 aliphatic rings. The summed E-state index contributed by atoms with van der Waals surface area (Å²) in [5.74, 6) is 1.12. The average molecular weight is 395 g/mol. The summed E-state index contributed by atoms with van der Waals surface area (Å²) in [5, 5.41) is 12.4. The second-order valence-corrected chi connectivity index (χ2v) is 10.7. The Bertz CT molecular complexity index is 843. The number of nitrogens with zero attached hydrogens (tertiary/aromatic N) is 2. The maximum absolute atomic E-state index is 13.4. The molecule has 1 N–H and O–H groups in total. The highest BCUT2D eigenvalue weighted by molar-refractivity contribution is 5.80. The Kier molecular flexibility index (Phi) is 4.00. The summed E-state index contributed by atoms with van der Waals surface area (Å²) in [4.78, 5) is 18.0. The van der Waals surface area contributed by atoms with Crippen molar-refractivity contribution in [2.45, 2.75) is 75.3 Å². The standard InChI is InChI=1S/C25H34N2O2/c1-17-4-7-19-13-22-25(29)15-20(23(28)26-9-2-3-10-26)14-24(25,21(19)12-17)8-11-27(22)16-18-5-6-18/h4,7,12,18,20,22,29H,2-3,5-6,8-11,13-16H2,1H3/t20-,22+,24+,25+/m0/s1. The molecule has 0 radical (unpaired) electrons. The maximum atomic E-state index is 13.4. The molecular weight excluding hydrogens is 360 g/mol. The summed E-state index contributed by atoms with van der Waals surface area (Å²) in [6.45, 7) is 6.18. The van der Waals surface area contributed by atoms with Gasteiger partial charge in [0.15, 0.2) is 0 Å². The van der Waals surface area contributed by atoms with Gasteiger partial charge < -0.3 is 10.0 Å². The van der Waals surface area contributed by atoms with Crippen LogP contribution in [0.3, 0.4) is 0 Å². The van der Waals surface area contributed by atoms with E-state index in [0.29, 0.717) is 12.3 Å². The predicted molar refractivity (Wildman–Crippen MR) is 113 cm³/mol. The minimum absolute atomic E-state index is 0.0204. The van der Waals surface area contributed by atoms with Crippen LogP contribution in [-0.2, 0) is 16.6 Å². The molecule has 2 heterocycles. The summed E-state index contributed by atoms with van der Waals surface area (Å²) < 4.78 is 0. The molecule has 0 unspecified atom stereocenters. The molecule has 156 valence electrons. The van der Waals surface area contributed by atoms with Gasteiger partial charge in [0.25, 0.3) is 0 Å². The third kappa shape index (κ3) is 2.61. The van der Waals surface area contributed by atoms with E-state index >= 15 is 0 Å². The highest BCUT2D eigenvalue weighted by atomic mass is 16.3. The van der Waals surface area contributed by atoms with Gasteiger partial charge in [-0.05, 0) is 81.9 Å². The molecule has 1 aromatic rings. The van der Waals surface area contributed by atoms with E-state index in [1.54, 1.807) is 0 Å². The minimum Gasteiger partial charge on any atom is -0.387 e. The fourth-order valence-electron chi connectivity index (χ4n) is 7.33. The van der Waals surface area contributed by atoms with Crippen molar-refractivity contribution >= 4 is 5.91 Å². The lowest BCUT2D eigenvalue weighted by Crippen LogP contribution is -2.69. The summed E-state index contributed by atoms with van der Waals surface area (Å²) in [6, 6.07) is 7.02. The fourth-order valence-corrected chi connectivity index (χ4v) is 7.33. The first kappa shape index (κ1) is 18.4. The Morgan fingerprint density at radius 3 is 2.72 bits per heavy atom. The summed E-state index contributed by atoms with van der Waals surface area (Å²) in [6.07, 6.45) is 8.38. The first-order chi connectivity index (χ1) is 14.0. The van der Waals surface area contributed by atoms with Gasteiger partial charge >= 0.3 is 0 Å². The Balaban J connectivity index is 1.41. The van der Waals surface area contributed by atoms with Gasteiger partial charge in [-0.1, -0.05) is 23.8 Å². The highest BCUT2D eigenvalue weighted by Gasteiger charge is 2.68. The van der Waals surface area contributed by atoms with Gasteiger partial charge in [-0.25, -0.2) is 0 Å². The molecule has 0 spiro atoms. The zero-order chi connectivity index (χ0) is 19.8. The largest absolute Gasteiger partial charge is 0.387 e. The molecule has 1 amide bonds. The van der Waals surface area contributed by atoms with Gasteiger partial charge in [0.1, 0.15) is 0 Å². The lowest BCUT2D eigenvalue weighted by atomic mass is 9.56. The van der Waals surface area contributed by atoms with Crippen molar-refractivity contribution in [2.75, 3.05) is 26.2 Å². The minimum atomic E-state index is -0.763. The molecule has 3 aliphatic carbocycles.